The van der Waals surface area contributed by atoms with E-state index in [1.807, 2.05) is 13.8 Å². The van der Waals surface area contributed by atoms with Gasteiger partial charge in [0.2, 0.25) is 5.95 Å². The summed E-state index contributed by atoms with van der Waals surface area (Å²) in [6.07, 6.45) is 1.68. The molecule has 0 radical (unpaired) electrons. The largest absolute Gasteiger partial charge is 0.416 e. The molecular weight excluding hydrogens is 475 g/mol. The Balaban J connectivity index is 1.42. The third-order valence-corrected chi connectivity index (χ3v) is 5.97. The number of nitrogens with zero attached hydrogens (tertiary/aromatic N) is 8. The van der Waals surface area contributed by atoms with E-state index in [0.29, 0.717) is 29.7 Å². The number of hydrogen-bond donors (Lipinski definition) is 1. The fourth-order valence-corrected chi connectivity index (χ4v) is 4.07. The third kappa shape index (κ3) is 4.39. The molecule has 4 aromatic heterocycles. The number of aromatic nitrogens is 7. The van der Waals surface area contributed by atoms with Crippen molar-refractivity contribution in [3.63, 3.8) is 0 Å². The molecule has 0 saturated carbocycles. The average Bonchev–Trinajstić information content (AvgIpc) is 3.43. The second kappa shape index (κ2) is 8.73. The van der Waals surface area contributed by atoms with Crippen LogP contribution in [0.4, 0.5) is 24.9 Å². The zero-order valence-corrected chi connectivity index (χ0v) is 19.7. The van der Waals surface area contributed by atoms with Gasteiger partial charge in [-0.2, -0.15) is 18.3 Å². The Kier molecular flexibility index (Phi) is 5.69. The van der Waals surface area contributed by atoms with Gasteiger partial charge in [-0.15, -0.1) is 0 Å². The van der Waals surface area contributed by atoms with Gasteiger partial charge in [-0.25, -0.2) is 15.0 Å². The number of halogens is 3. The van der Waals surface area contributed by atoms with E-state index in [0.717, 1.165) is 23.9 Å². The van der Waals surface area contributed by atoms with Crippen LogP contribution in [0.3, 0.4) is 0 Å². The van der Waals surface area contributed by atoms with Crippen LogP contribution < -0.4 is 5.32 Å². The molecule has 4 aromatic rings. The number of amides is 1. The molecule has 0 aliphatic carbocycles. The minimum absolute atomic E-state index is 0.0581. The Morgan fingerprint density at radius 3 is 2.69 bits per heavy atom. The first-order chi connectivity index (χ1) is 17.1. The van der Waals surface area contributed by atoms with E-state index in [9.17, 15) is 18.0 Å². The van der Waals surface area contributed by atoms with Crippen molar-refractivity contribution >= 4 is 17.7 Å². The van der Waals surface area contributed by atoms with Gasteiger partial charge in [0, 0.05) is 44.3 Å². The van der Waals surface area contributed by atoms with Gasteiger partial charge >= 0.3 is 6.18 Å². The van der Waals surface area contributed by atoms with Crippen LogP contribution in [0, 0.1) is 6.92 Å². The second-order valence-corrected chi connectivity index (χ2v) is 8.61. The zero-order chi connectivity index (χ0) is 25.6. The van der Waals surface area contributed by atoms with Crippen molar-refractivity contribution in [1.29, 1.82) is 0 Å². The van der Waals surface area contributed by atoms with Gasteiger partial charge in [-0.1, -0.05) is 0 Å². The van der Waals surface area contributed by atoms with Crippen LogP contribution in [0.1, 0.15) is 34.4 Å². The fraction of sp³-hybridized carbons (Fsp3) is 0.304. The first kappa shape index (κ1) is 23.5. The van der Waals surface area contributed by atoms with Gasteiger partial charge in [-0.05, 0) is 31.5 Å². The molecule has 0 fully saturated rings. The molecule has 0 bridgehead atoms. The number of nitrogens with one attached hydrogen (secondary N) is 1. The predicted octanol–water partition coefficient (Wildman–Crippen LogP) is 3.58. The topological polar surface area (TPSA) is 107 Å². The summed E-state index contributed by atoms with van der Waals surface area (Å²) >= 11 is 0. The number of imidazole rings is 1. The lowest BCUT2D eigenvalue weighted by atomic mass is 10.1. The molecule has 1 aliphatic heterocycles. The number of anilines is 2. The smallest absolute Gasteiger partial charge is 0.326 e. The van der Waals surface area contributed by atoms with E-state index in [2.05, 4.69) is 30.4 Å². The average molecular weight is 497 g/mol. The molecule has 0 spiro atoms. The van der Waals surface area contributed by atoms with Crippen molar-refractivity contribution in [1.82, 2.24) is 39.2 Å². The van der Waals surface area contributed by atoms with Gasteiger partial charge in [0.1, 0.15) is 11.5 Å². The van der Waals surface area contributed by atoms with Crippen molar-refractivity contribution < 1.29 is 18.0 Å². The van der Waals surface area contributed by atoms with Crippen LogP contribution in [0.15, 0.2) is 43.0 Å². The summed E-state index contributed by atoms with van der Waals surface area (Å²) in [6, 6.07) is 3.38. The monoisotopic (exact) mass is 497 g/mol. The van der Waals surface area contributed by atoms with E-state index in [1.165, 1.54) is 4.90 Å². The Labute approximate surface area is 203 Å². The first-order valence-corrected chi connectivity index (χ1v) is 11.1. The minimum atomic E-state index is -4.49. The molecule has 186 valence electrons. The summed E-state index contributed by atoms with van der Waals surface area (Å²) in [7, 11) is 1.79. The number of rotatable bonds is 5. The zero-order valence-electron chi connectivity index (χ0n) is 19.7. The number of hydrogen-bond acceptors (Lipinski definition) is 7. The van der Waals surface area contributed by atoms with Gasteiger partial charge in [0.15, 0.2) is 5.82 Å². The molecule has 36 heavy (non-hydrogen) atoms. The highest BCUT2D eigenvalue weighted by Crippen LogP contribution is 2.30. The summed E-state index contributed by atoms with van der Waals surface area (Å²) in [4.78, 5) is 32.2. The molecule has 10 nitrogen and oxygen atoms in total. The second-order valence-electron chi connectivity index (χ2n) is 8.61. The summed E-state index contributed by atoms with van der Waals surface area (Å²) in [5.74, 6) is 0.854. The van der Waals surface area contributed by atoms with E-state index >= 15 is 0 Å². The molecule has 1 unspecified atom stereocenters. The molecule has 5 heterocycles. The Morgan fingerprint density at radius 1 is 1.17 bits per heavy atom. The van der Waals surface area contributed by atoms with E-state index < -0.39 is 11.7 Å². The van der Waals surface area contributed by atoms with Gasteiger partial charge in [-0.3, -0.25) is 14.5 Å². The molecular formula is C23H22F3N9O. The minimum Gasteiger partial charge on any atom is -0.326 e. The molecule has 1 amide bonds. The predicted molar refractivity (Wildman–Crippen MR) is 123 cm³/mol. The number of carbonyl (C=O) groups excluding carboxylic acids is 1. The lowest BCUT2D eigenvalue weighted by Crippen LogP contribution is -2.46. The number of aryl methyl sites for hydroxylation is 2. The SMILES string of the molecule is Cc1cnc(Nc2ccnn2C)nc1-c1cn2c(n1)C(=O)N(Cc1cc(C(F)(F)F)ccn1)C(C)C2. The summed E-state index contributed by atoms with van der Waals surface area (Å²) in [6.45, 7) is 4.05. The number of fused-ring (bicyclic) bond motifs is 1. The fourth-order valence-electron chi connectivity index (χ4n) is 4.07. The van der Waals surface area contributed by atoms with Gasteiger partial charge < -0.3 is 14.8 Å². The van der Waals surface area contributed by atoms with Crippen LogP contribution in [0.25, 0.3) is 11.4 Å². The maximum atomic E-state index is 13.3. The lowest BCUT2D eigenvalue weighted by Gasteiger charge is -2.33. The highest BCUT2D eigenvalue weighted by Gasteiger charge is 2.34. The molecule has 1 atom stereocenters. The van der Waals surface area contributed by atoms with Crippen LogP contribution in [0.5, 0.6) is 0 Å². The summed E-state index contributed by atoms with van der Waals surface area (Å²) in [5, 5.41) is 7.20. The van der Waals surface area contributed by atoms with Crippen molar-refractivity contribution in [3.8, 4) is 11.4 Å². The van der Waals surface area contributed by atoms with Crippen LogP contribution >= 0.6 is 0 Å². The first-order valence-electron chi connectivity index (χ1n) is 11.1. The maximum absolute atomic E-state index is 13.3. The van der Waals surface area contributed by atoms with Crippen LogP contribution in [-0.4, -0.2) is 51.1 Å². The van der Waals surface area contributed by atoms with Crippen molar-refractivity contribution in [3.05, 3.63) is 65.6 Å². The highest BCUT2D eigenvalue weighted by molar-refractivity contribution is 5.92. The molecule has 13 heteroatoms. The van der Waals surface area contributed by atoms with E-state index in [4.69, 9.17) is 0 Å². The quantitative estimate of drug-likeness (QED) is 0.449. The molecule has 5 rings (SSSR count). The van der Waals surface area contributed by atoms with Gasteiger partial charge in [0.25, 0.3) is 5.91 Å². The van der Waals surface area contributed by atoms with E-state index in [1.54, 1.807) is 41.0 Å². The normalized spacial score (nSPS) is 15.8. The Hall–Kier alpha value is -4.29. The lowest BCUT2D eigenvalue weighted by molar-refractivity contribution is -0.137. The summed E-state index contributed by atoms with van der Waals surface area (Å²) in [5.41, 5.74) is 1.18. The number of pyridine rings is 1. The van der Waals surface area contributed by atoms with Crippen molar-refractivity contribution in [2.45, 2.75) is 39.2 Å². The van der Waals surface area contributed by atoms with Crippen molar-refractivity contribution in [2.24, 2.45) is 7.05 Å². The Bertz CT molecular complexity index is 1440. The van der Waals surface area contributed by atoms with Crippen LogP contribution in [-0.2, 0) is 26.3 Å². The highest BCUT2D eigenvalue weighted by atomic mass is 19.4. The maximum Gasteiger partial charge on any atom is 0.416 e. The number of carbonyl (C=O) groups is 1. The molecule has 0 aromatic carbocycles. The third-order valence-electron chi connectivity index (χ3n) is 5.97. The Morgan fingerprint density at radius 2 is 1.97 bits per heavy atom. The molecule has 1 aliphatic rings. The number of alkyl halides is 3. The van der Waals surface area contributed by atoms with Crippen molar-refractivity contribution in [2.75, 3.05) is 5.32 Å². The van der Waals surface area contributed by atoms with E-state index in [-0.39, 0.29) is 30.0 Å². The van der Waals surface area contributed by atoms with Crippen LogP contribution in [0.2, 0.25) is 0 Å². The van der Waals surface area contributed by atoms with Gasteiger partial charge in [0.05, 0.1) is 29.7 Å². The standard InChI is InChI=1S/C23H22F3N9O/c1-13-9-28-22(31-18-5-7-29-33(18)3)32-19(13)17-12-34-10-14(2)35(21(36)20(34)30-17)11-16-8-15(4-6-27-16)23(24,25)26/h4-9,12,14H,10-11H2,1-3H3,(H,28,31,32). The molecule has 0 saturated heterocycles. The summed E-state index contributed by atoms with van der Waals surface area (Å²) < 4.78 is 42.7. The molecule has 1 N–H and O–H groups in total.